The summed E-state index contributed by atoms with van der Waals surface area (Å²) in [7, 11) is -3.63. The molecule has 37 heavy (non-hydrogen) atoms. The van der Waals surface area contributed by atoms with Gasteiger partial charge in [0, 0.05) is 16.1 Å². The van der Waals surface area contributed by atoms with Gasteiger partial charge in [-0.1, -0.05) is 61.3 Å². The van der Waals surface area contributed by atoms with Crippen LogP contribution >= 0.6 is 23.2 Å². The van der Waals surface area contributed by atoms with E-state index in [0.29, 0.717) is 34.0 Å². The molecule has 1 aliphatic rings. The van der Waals surface area contributed by atoms with E-state index in [9.17, 15) is 23.1 Å². The van der Waals surface area contributed by atoms with E-state index in [1.807, 2.05) is 13.8 Å². The van der Waals surface area contributed by atoms with Crippen LogP contribution in [0, 0.1) is 0 Å². The number of aliphatic carboxylic acids is 1. The first-order chi connectivity index (χ1) is 17.3. The molecule has 1 heterocycles. The highest BCUT2D eigenvalue weighted by atomic mass is 35.5. The van der Waals surface area contributed by atoms with Crippen molar-refractivity contribution in [2.45, 2.75) is 76.0 Å². The van der Waals surface area contributed by atoms with Crippen LogP contribution in [0.5, 0.6) is 0 Å². The molecule has 1 N–H and O–H groups in total. The Morgan fingerprint density at radius 1 is 1.08 bits per heavy atom. The van der Waals surface area contributed by atoms with Crippen molar-refractivity contribution >= 4 is 44.9 Å². The number of sulfone groups is 1. The summed E-state index contributed by atoms with van der Waals surface area (Å²) in [6, 6.07) is 12.4. The van der Waals surface area contributed by atoms with E-state index >= 15 is 0 Å². The highest BCUT2D eigenvalue weighted by Crippen LogP contribution is 2.45. The van der Waals surface area contributed by atoms with Crippen LogP contribution < -0.4 is 0 Å². The van der Waals surface area contributed by atoms with Gasteiger partial charge < -0.3 is 14.7 Å². The number of carbonyl (C=O) groups is 2. The number of amides is 1. The lowest BCUT2D eigenvalue weighted by Gasteiger charge is -2.48. The van der Waals surface area contributed by atoms with Gasteiger partial charge in [-0.2, -0.15) is 0 Å². The minimum absolute atomic E-state index is 0.262. The van der Waals surface area contributed by atoms with Gasteiger partial charge in [0.1, 0.15) is 12.2 Å². The van der Waals surface area contributed by atoms with Crippen molar-refractivity contribution in [1.82, 2.24) is 4.90 Å². The van der Waals surface area contributed by atoms with Gasteiger partial charge in [-0.05, 0) is 62.1 Å². The highest BCUT2D eigenvalue weighted by molar-refractivity contribution is 7.92. The van der Waals surface area contributed by atoms with Crippen molar-refractivity contribution < 1.29 is 27.9 Å². The van der Waals surface area contributed by atoms with Gasteiger partial charge in [-0.25, -0.2) is 8.42 Å². The van der Waals surface area contributed by atoms with E-state index in [4.69, 9.17) is 27.9 Å². The first-order valence-corrected chi connectivity index (χ1v) is 14.6. The predicted molar refractivity (Wildman–Crippen MR) is 145 cm³/mol. The molecular formula is C27H33Cl2NO6S. The summed E-state index contributed by atoms with van der Waals surface area (Å²) in [6.45, 7) is 6.98. The van der Waals surface area contributed by atoms with Crippen LogP contribution in [-0.4, -0.2) is 52.9 Å². The van der Waals surface area contributed by atoms with E-state index in [1.54, 1.807) is 62.4 Å². The first-order valence-electron chi connectivity index (χ1n) is 12.2. The summed E-state index contributed by atoms with van der Waals surface area (Å²) >= 11 is 12.4. The summed E-state index contributed by atoms with van der Waals surface area (Å²) < 4.78 is 32.1. The maximum Gasteiger partial charge on any atom is 0.306 e. The fourth-order valence-corrected chi connectivity index (χ4v) is 6.61. The van der Waals surface area contributed by atoms with Crippen molar-refractivity contribution in [2.75, 3.05) is 5.75 Å². The second-order valence-corrected chi connectivity index (χ2v) is 13.4. The second-order valence-electron chi connectivity index (χ2n) is 9.90. The van der Waals surface area contributed by atoms with Gasteiger partial charge in [0.15, 0.2) is 9.84 Å². The Labute approximate surface area is 228 Å². The molecule has 10 heteroatoms. The van der Waals surface area contributed by atoms with Gasteiger partial charge in [-0.3, -0.25) is 9.59 Å². The number of ether oxygens (including phenoxy) is 1. The number of hydrogen-bond donors (Lipinski definition) is 1. The van der Waals surface area contributed by atoms with E-state index < -0.39 is 57.2 Å². The zero-order chi connectivity index (χ0) is 27.5. The van der Waals surface area contributed by atoms with Gasteiger partial charge in [-0.15, -0.1) is 0 Å². The highest BCUT2D eigenvalue weighted by Gasteiger charge is 2.48. The molecule has 0 spiro atoms. The summed E-state index contributed by atoms with van der Waals surface area (Å²) in [5, 5.41) is 10.5. The summed E-state index contributed by atoms with van der Waals surface area (Å²) in [6.07, 6.45) is -1.88. The standard InChI is InChI=1S/C27H33Cl2NO6S/c1-5-21(16-37(34,35)27(3,4)6-2)30-24(17-10-12-19(28)13-11-17)25(18-8-7-9-20(29)14-18)36-22(26(30)33)15-23(31)32/h7-14,21-22,24-25H,5-6,15-16H2,1-4H3,(H,31,32)/t21-,22+,24-,25-/m1/s1. The number of rotatable bonds is 10. The minimum atomic E-state index is -3.63. The molecule has 0 unspecified atom stereocenters. The zero-order valence-corrected chi connectivity index (χ0v) is 23.7. The van der Waals surface area contributed by atoms with Crippen molar-refractivity contribution in [3.05, 3.63) is 69.7 Å². The van der Waals surface area contributed by atoms with Gasteiger partial charge in [0.2, 0.25) is 0 Å². The molecule has 0 aromatic heterocycles. The molecule has 1 fully saturated rings. The molecular weight excluding hydrogens is 537 g/mol. The van der Waals surface area contributed by atoms with Crippen molar-refractivity contribution in [3.8, 4) is 0 Å². The quantitative estimate of drug-likeness (QED) is 0.384. The van der Waals surface area contributed by atoms with Gasteiger partial charge in [0.05, 0.1) is 23.0 Å². The average molecular weight is 571 g/mol. The van der Waals surface area contributed by atoms with Crippen LogP contribution in [0.15, 0.2) is 48.5 Å². The summed E-state index contributed by atoms with van der Waals surface area (Å²) in [5.74, 6) is -2.01. The molecule has 2 aromatic carbocycles. The molecule has 2 aromatic rings. The van der Waals surface area contributed by atoms with Crippen LogP contribution in [0.1, 0.15) is 70.2 Å². The number of halogens is 2. The smallest absolute Gasteiger partial charge is 0.306 e. The van der Waals surface area contributed by atoms with Crippen LogP contribution in [0.25, 0.3) is 0 Å². The molecule has 7 nitrogen and oxygen atoms in total. The lowest BCUT2D eigenvalue weighted by molar-refractivity contribution is -0.182. The van der Waals surface area contributed by atoms with E-state index in [-0.39, 0.29) is 5.75 Å². The molecule has 4 atom stereocenters. The largest absolute Gasteiger partial charge is 0.481 e. The minimum Gasteiger partial charge on any atom is -0.481 e. The number of carboxylic acids is 1. The topological polar surface area (TPSA) is 101 Å². The number of carbonyl (C=O) groups excluding carboxylic acids is 1. The first kappa shape index (κ1) is 29.4. The monoisotopic (exact) mass is 569 g/mol. The van der Waals surface area contributed by atoms with E-state index in [0.717, 1.165) is 0 Å². The number of hydrogen-bond acceptors (Lipinski definition) is 5. The fourth-order valence-electron chi connectivity index (χ4n) is 4.49. The lowest BCUT2D eigenvalue weighted by atomic mass is 9.89. The molecule has 1 aliphatic heterocycles. The fraction of sp³-hybridized carbons (Fsp3) is 0.481. The molecule has 0 radical (unpaired) electrons. The van der Waals surface area contributed by atoms with Crippen LogP contribution in [-0.2, 0) is 24.2 Å². The third-order valence-electron chi connectivity index (χ3n) is 7.15. The van der Waals surface area contributed by atoms with Crippen LogP contribution in [0.2, 0.25) is 10.0 Å². The Morgan fingerprint density at radius 3 is 2.27 bits per heavy atom. The zero-order valence-electron chi connectivity index (χ0n) is 21.4. The molecule has 0 saturated carbocycles. The molecule has 1 saturated heterocycles. The Morgan fingerprint density at radius 2 is 1.73 bits per heavy atom. The molecule has 0 aliphatic carbocycles. The number of carboxylic acid groups (broad SMARTS) is 1. The second kappa shape index (κ2) is 11.7. The predicted octanol–water partition coefficient (Wildman–Crippen LogP) is 5.86. The Hall–Kier alpha value is -2.13. The number of benzene rings is 2. The van der Waals surface area contributed by atoms with Crippen LogP contribution in [0.4, 0.5) is 0 Å². The molecule has 202 valence electrons. The van der Waals surface area contributed by atoms with Gasteiger partial charge >= 0.3 is 5.97 Å². The molecule has 3 rings (SSSR count). The van der Waals surface area contributed by atoms with E-state index in [2.05, 4.69) is 0 Å². The summed E-state index contributed by atoms with van der Waals surface area (Å²) in [4.78, 5) is 27.0. The lowest BCUT2D eigenvalue weighted by Crippen LogP contribution is -2.57. The average Bonchev–Trinajstić information content (AvgIpc) is 2.84. The number of morpholine rings is 1. The third kappa shape index (κ3) is 6.48. The Balaban J connectivity index is 2.21. The van der Waals surface area contributed by atoms with Crippen molar-refractivity contribution in [3.63, 3.8) is 0 Å². The maximum absolute atomic E-state index is 13.9. The summed E-state index contributed by atoms with van der Waals surface area (Å²) in [5.41, 5.74) is 1.33. The Kier molecular flexibility index (Phi) is 9.32. The molecule has 0 bridgehead atoms. The third-order valence-corrected chi connectivity index (χ3v) is 10.4. The van der Waals surface area contributed by atoms with Crippen molar-refractivity contribution in [2.24, 2.45) is 0 Å². The normalized spacial score (nSPS) is 21.6. The molecule has 1 amide bonds. The van der Waals surface area contributed by atoms with Crippen molar-refractivity contribution in [1.29, 1.82) is 0 Å². The number of nitrogens with zero attached hydrogens (tertiary/aromatic N) is 1. The van der Waals surface area contributed by atoms with Gasteiger partial charge in [0.25, 0.3) is 5.91 Å². The van der Waals surface area contributed by atoms with E-state index in [1.165, 1.54) is 4.90 Å². The maximum atomic E-state index is 13.9. The van der Waals surface area contributed by atoms with Crippen LogP contribution in [0.3, 0.4) is 0 Å². The SMILES string of the molecule is CC[C@H](CS(=O)(=O)C(C)(C)CC)N1C(=O)[C@H](CC(=O)O)O[C@H](c2cccc(Cl)c2)[C@H]1c1ccc(Cl)cc1. The Bertz CT molecular complexity index is 1230.